The topological polar surface area (TPSA) is 97.3 Å². The maximum absolute atomic E-state index is 12.1. The molecule has 1 amide bonds. The van der Waals surface area contributed by atoms with Gasteiger partial charge in [0.25, 0.3) is 0 Å². The molecule has 2 heterocycles. The van der Waals surface area contributed by atoms with Crippen LogP contribution in [0.15, 0.2) is 47.6 Å². The molecule has 9 heteroatoms. The highest BCUT2D eigenvalue weighted by Crippen LogP contribution is 2.37. The minimum Gasteiger partial charge on any atom is -0.454 e. The van der Waals surface area contributed by atoms with Crippen LogP contribution in [0.2, 0.25) is 0 Å². The van der Waals surface area contributed by atoms with Crippen molar-refractivity contribution < 1.29 is 22.7 Å². The minimum atomic E-state index is -3.34. The number of benzene rings is 2. The summed E-state index contributed by atoms with van der Waals surface area (Å²) < 4.78 is 35.9. The monoisotopic (exact) mass is 401 g/mol. The third-order valence-electron chi connectivity index (χ3n) is 4.54. The molecule has 0 aromatic heterocycles. The van der Waals surface area contributed by atoms with Gasteiger partial charge in [-0.05, 0) is 35.9 Å². The van der Waals surface area contributed by atoms with Gasteiger partial charge in [-0.3, -0.25) is 9.52 Å². The zero-order chi connectivity index (χ0) is 19.9. The van der Waals surface area contributed by atoms with Gasteiger partial charge >= 0.3 is 0 Å². The average Bonchev–Trinajstić information content (AvgIpc) is 3.27. The molecule has 2 aliphatic rings. The first-order chi connectivity index (χ1) is 13.3. The lowest BCUT2D eigenvalue weighted by Gasteiger charge is -2.20. The van der Waals surface area contributed by atoms with Gasteiger partial charge in [0.2, 0.25) is 22.7 Å². The van der Waals surface area contributed by atoms with Gasteiger partial charge in [-0.2, -0.15) is 5.10 Å². The van der Waals surface area contributed by atoms with Crippen molar-refractivity contribution in [1.29, 1.82) is 0 Å². The quantitative estimate of drug-likeness (QED) is 0.849. The van der Waals surface area contributed by atoms with Crippen LogP contribution >= 0.6 is 0 Å². The van der Waals surface area contributed by atoms with Crippen molar-refractivity contribution in [2.75, 3.05) is 17.8 Å². The Hall–Kier alpha value is -3.07. The Morgan fingerprint density at radius 1 is 1.14 bits per heavy atom. The largest absolute Gasteiger partial charge is 0.454 e. The zero-order valence-corrected chi connectivity index (χ0v) is 16.2. The number of carbonyl (C=O) groups is 1. The lowest BCUT2D eigenvalue weighted by atomic mass is 9.98. The molecule has 1 atom stereocenters. The van der Waals surface area contributed by atoms with Crippen LogP contribution in [-0.2, 0) is 14.8 Å². The number of hydrogen-bond acceptors (Lipinski definition) is 6. The molecule has 0 fully saturated rings. The Bertz CT molecular complexity index is 1060. The van der Waals surface area contributed by atoms with Crippen LogP contribution in [0.5, 0.6) is 11.5 Å². The first-order valence-electron chi connectivity index (χ1n) is 8.65. The van der Waals surface area contributed by atoms with Crippen molar-refractivity contribution >= 4 is 27.3 Å². The summed E-state index contributed by atoms with van der Waals surface area (Å²) in [6.45, 7) is 1.67. The Labute approximate surface area is 162 Å². The number of amides is 1. The van der Waals surface area contributed by atoms with E-state index in [-0.39, 0.29) is 18.7 Å². The van der Waals surface area contributed by atoms with Crippen LogP contribution in [0.1, 0.15) is 30.5 Å². The van der Waals surface area contributed by atoms with Gasteiger partial charge in [0, 0.05) is 24.6 Å². The van der Waals surface area contributed by atoms with Crippen molar-refractivity contribution in [3.63, 3.8) is 0 Å². The third kappa shape index (κ3) is 3.65. The summed E-state index contributed by atoms with van der Waals surface area (Å²) in [7, 11) is -3.34. The van der Waals surface area contributed by atoms with E-state index in [1.165, 1.54) is 11.9 Å². The van der Waals surface area contributed by atoms with Crippen molar-refractivity contribution in [3.8, 4) is 11.5 Å². The fourth-order valence-corrected chi connectivity index (χ4v) is 3.86. The highest BCUT2D eigenvalue weighted by molar-refractivity contribution is 7.92. The van der Waals surface area contributed by atoms with Crippen molar-refractivity contribution in [2.45, 2.75) is 19.4 Å². The fourth-order valence-electron chi connectivity index (χ4n) is 3.30. The zero-order valence-electron chi connectivity index (χ0n) is 15.4. The first kappa shape index (κ1) is 18.3. The van der Waals surface area contributed by atoms with Crippen LogP contribution in [0, 0.1) is 0 Å². The lowest BCUT2D eigenvalue weighted by Crippen LogP contribution is -2.24. The number of nitrogens with one attached hydrogen (secondary N) is 1. The molecule has 0 radical (unpaired) electrons. The Morgan fingerprint density at radius 3 is 2.54 bits per heavy atom. The second kappa shape index (κ2) is 6.83. The summed E-state index contributed by atoms with van der Waals surface area (Å²) in [5.74, 6) is 1.18. The molecule has 0 unspecified atom stereocenters. The molecule has 0 saturated heterocycles. The predicted molar refractivity (Wildman–Crippen MR) is 104 cm³/mol. The number of hydrazone groups is 1. The molecule has 8 nitrogen and oxygen atoms in total. The summed E-state index contributed by atoms with van der Waals surface area (Å²) in [4.78, 5) is 12.1. The Kier molecular flexibility index (Phi) is 4.46. The highest BCUT2D eigenvalue weighted by Gasteiger charge is 2.32. The Morgan fingerprint density at radius 2 is 1.86 bits per heavy atom. The molecule has 0 saturated carbocycles. The normalized spacial score (nSPS) is 18.1. The molecule has 1 N–H and O–H groups in total. The van der Waals surface area contributed by atoms with E-state index < -0.39 is 10.0 Å². The molecule has 2 aromatic carbocycles. The summed E-state index contributed by atoms with van der Waals surface area (Å²) >= 11 is 0. The van der Waals surface area contributed by atoms with E-state index in [1.807, 2.05) is 18.2 Å². The number of carbonyl (C=O) groups excluding carboxylic acids is 1. The smallest absolute Gasteiger partial charge is 0.240 e. The molecular formula is C19H19N3O5S. The van der Waals surface area contributed by atoms with E-state index >= 15 is 0 Å². The predicted octanol–water partition coefficient (Wildman–Crippen LogP) is 2.48. The SMILES string of the molecule is CC(=O)N1N=C(c2ccc3c(c2)OCO3)C[C@@H]1c1ccc(NS(C)(=O)=O)cc1. The maximum Gasteiger partial charge on any atom is 0.240 e. The second-order valence-electron chi connectivity index (χ2n) is 6.69. The van der Waals surface area contributed by atoms with E-state index in [4.69, 9.17) is 9.47 Å². The molecule has 0 spiro atoms. The van der Waals surface area contributed by atoms with Crippen LogP contribution in [0.25, 0.3) is 0 Å². The van der Waals surface area contributed by atoms with E-state index in [9.17, 15) is 13.2 Å². The number of ether oxygens (including phenoxy) is 2. The standard InChI is InChI=1S/C19H19N3O5S/c1-12(23)22-17(13-3-6-15(7-4-13)21-28(2,24)25)10-16(20-22)14-5-8-18-19(9-14)27-11-26-18/h3-9,17,21H,10-11H2,1-2H3/t17-/m1/s1. The van der Waals surface area contributed by atoms with Gasteiger partial charge in [0.15, 0.2) is 11.5 Å². The van der Waals surface area contributed by atoms with E-state index in [0.717, 1.165) is 23.1 Å². The van der Waals surface area contributed by atoms with Crippen molar-refractivity contribution in [1.82, 2.24) is 5.01 Å². The summed E-state index contributed by atoms with van der Waals surface area (Å²) in [6.07, 6.45) is 1.64. The summed E-state index contributed by atoms with van der Waals surface area (Å²) in [5.41, 5.74) is 2.98. The molecule has 0 aliphatic carbocycles. The molecule has 146 valence electrons. The summed E-state index contributed by atoms with van der Waals surface area (Å²) in [6, 6.07) is 12.3. The van der Waals surface area contributed by atoms with Crippen molar-refractivity contribution in [2.24, 2.45) is 5.10 Å². The highest BCUT2D eigenvalue weighted by atomic mass is 32.2. The maximum atomic E-state index is 12.1. The number of hydrogen-bond donors (Lipinski definition) is 1. The third-order valence-corrected chi connectivity index (χ3v) is 5.14. The number of sulfonamides is 1. The number of fused-ring (bicyclic) bond motifs is 1. The minimum absolute atomic E-state index is 0.168. The number of nitrogens with zero attached hydrogens (tertiary/aromatic N) is 2. The fraction of sp³-hybridized carbons (Fsp3) is 0.263. The number of anilines is 1. The molecular weight excluding hydrogens is 382 g/mol. The van der Waals surface area contributed by atoms with Gasteiger partial charge in [-0.15, -0.1) is 0 Å². The van der Waals surface area contributed by atoms with Crippen LogP contribution in [0.4, 0.5) is 5.69 Å². The van der Waals surface area contributed by atoms with Gasteiger partial charge in [0.1, 0.15) is 0 Å². The van der Waals surface area contributed by atoms with Crippen molar-refractivity contribution in [3.05, 3.63) is 53.6 Å². The second-order valence-corrected chi connectivity index (χ2v) is 8.44. The molecule has 2 aromatic rings. The van der Waals surface area contributed by atoms with Gasteiger partial charge in [-0.25, -0.2) is 13.4 Å². The number of rotatable bonds is 4. The van der Waals surface area contributed by atoms with E-state index in [2.05, 4.69) is 9.82 Å². The van der Waals surface area contributed by atoms with Crippen LogP contribution < -0.4 is 14.2 Å². The molecule has 0 bridgehead atoms. The van der Waals surface area contributed by atoms with Crippen LogP contribution in [0.3, 0.4) is 0 Å². The van der Waals surface area contributed by atoms with E-state index in [0.29, 0.717) is 23.6 Å². The van der Waals surface area contributed by atoms with Gasteiger partial charge < -0.3 is 9.47 Å². The lowest BCUT2D eigenvalue weighted by molar-refractivity contribution is -0.130. The van der Waals surface area contributed by atoms with Gasteiger partial charge in [0.05, 0.1) is 18.0 Å². The van der Waals surface area contributed by atoms with E-state index in [1.54, 1.807) is 24.3 Å². The summed E-state index contributed by atoms with van der Waals surface area (Å²) in [5, 5.41) is 5.97. The molecule has 4 rings (SSSR count). The first-order valence-corrected chi connectivity index (χ1v) is 10.5. The van der Waals surface area contributed by atoms with Crippen LogP contribution in [-0.4, -0.2) is 38.1 Å². The molecule has 2 aliphatic heterocycles. The molecule has 28 heavy (non-hydrogen) atoms. The Balaban J connectivity index is 1.59. The van der Waals surface area contributed by atoms with Gasteiger partial charge in [-0.1, -0.05) is 12.1 Å². The average molecular weight is 401 g/mol.